The normalized spacial score (nSPS) is 13.0. The fraction of sp³-hybridized carbons (Fsp3) is 0.556. The van der Waals surface area contributed by atoms with Crippen LogP contribution in [0.5, 0.6) is 0 Å². The molecule has 0 amide bonds. The summed E-state index contributed by atoms with van der Waals surface area (Å²) >= 11 is 0. The van der Waals surface area contributed by atoms with Crippen LogP contribution < -0.4 is 5.32 Å². The van der Waals surface area contributed by atoms with Crippen molar-refractivity contribution >= 4 is 5.82 Å². The van der Waals surface area contributed by atoms with E-state index in [0.29, 0.717) is 12.0 Å². The van der Waals surface area contributed by atoms with Gasteiger partial charge in [0.1, 0.15) is 5.82 Å². The van der Waals surface area contributed by atoms with Crippen LogP contribution in [-0.2, 0) is 0 Å². The van der Waals surface area contributed by atoms with Crippen LogP contribution in [0.3, 0.4) is 0 Å². The third-order valence-corrected chi connectivity index (χ3v) is 1.94. The van der Waals surface area contributed by atoms with Crippen molar-refractivity contribution in [2.24, 2.45) is 5.92 Å². The van der Waals surface area contributed by atoms with Gasteiger partial charge in [0.15, 0.2) is 0 Å². The van der Waals surface area contributed by atoms with Crippen LogP contribution >= 0.6 is 0 Å². The lowest BCUT2D eigenvalue weighted by atomic mass is 10.1. The van der Waals surface area contributed by atoms with Crippen LogP contribution in [0.2, 0.25) is 0 Å². The molecule has 0 aromatic carbocycles. The molecule has 1 atom stereocenters. The number of anilines is 1. The summed E-state index contributed by atoms with van der Waals surface area (Å²) in [6.07, 6.45) is 5.10. The van der Waals surface area contributed by atoms with Gasteiger partial charge < -0.3 is 5.32 Å². The van der Waals surface area contributed by atoms with E-state index in [2.05, 4.69) is 36.1 Å². The number of nitrogens with zero attached hydrogens (tertiary/aromatic N) is 2. The van der Waals surface area contributed by atoms with E-state index >= 15 is 0 Å². The van der Waals surface area contributed by atoms with Gasteiger partial charge in [0.05, 0.1) is 6.20 Å². The molecule has 1 aromatic heterocycles. The highest BCUT2D eigenvalue weighted by Gasteiger charge is 2.06. The molecule has 0 radical (unpaired) electrons. The molecule has 0 aliphatic heterocycles. The van der Waals surface area contributed by atoms with Crippen LogP contribution in [0, 0.1) is 5.92 Å². The average Bonchev–Trinajstić information content (AvgIpc) is 2.06. The minimum absolute atomic E-state index is 0.432. The maximum atomic E-state index is 4.13. The van der Waals surface area contributed by atoms with E-state index in [1.807, 2.05) is 0 Å². The van der Waals surface area contributed by atoms with Crippen molar-refractivity contribution in [3.63, 3.8) is 0 Å². The van der Waals surface area contributed by atoms with Gasteiger partial charge in [0, 0.05) is 18.4 Å². The maximum Gasteiger partial charge on any atom is 0.144 e. The zero-order chi connectivity index (χ0) is 8.97. The molecule has 3 nitrogen and oxygen atoms in total. The Labute approximate surface area is 73.2 Å². The Kier molecular flexibility index (Phi) is 3.02. The molecule has 0 bridgehead atoms. The Morgan fingerprint density at radius 1 is 1.25 bits per heavy atom. The lowest BCUT2D eigenvalue weighted by molar-refractivity contribution is 0.558. The van der Waals surface area contributed by atoms with Gasteiger partial charge in [0.25, 0.3) is 0 Å². The van der Waals surface area contributed by atoms with Crippen molar-refractivity contribution < 1.29 is 0 Å². The zero-order valence-corrected chi connectivity index (χ0v) is 7.78. The molecule has 3 heteroatoms. The Bertz CT molecular complexity index is 220. The second kappa shape index (κ2) is 4.04. The molecule has 66 valence electrons. The number of hydrogen-bond acceptors (Lipinski definition) is 3. The van der Waals surface area contributed by atoms with E-state index in [1.165, 1.54) is 0 Å². The van der Waals surface area contributed by atoms with E-state index in [1.54, 1.807) is 18.6 Å². The van der Waals surface area contributed by atoms with E-state index in [9.17, 15) is 0 Å². The third-order valence-electron chi connectivity index (χ3n) is 1.94. The Morgan fingerprint density at radius 2 is 2.00 bits per heavy atom. The molecule has 1 unspecified atom stereocenters. The topological polar surface area (TPSA) is 37.8 Å². The lowest BCUT2D eigenvalue weighted by Crippen LogP contribution is -2.22. The summed E-state index contributed by atoms with van der Waals surface area (Å²) in [6, 6.07) is 0.432. The first-order valence-corrected chi connectivity index (χ1v) is 4.22. The average molecular weight is 165 g/mol. The van der Waals surface area contributed by atoms with Crippen molar-refractivity contribution in [1.29, 1.82) is 0 Å². The standard InChI is InChI=1S/C9H15N3/c1-7(2)8(3)12-9-6-10-4-5-11-9/h4-8H,1-3H3,(H,11,12). The minimum atomic E-state index is 0.432. The highest BCUT2D eigenvalue weighted by Crippen LogP contribution is 2.07. The van der Waals surface area contributed by atoms with Gasteiger partial charge in [-0.05, 0) is 12.8 Å². The minimum Gasteiger partial charge on any atom is -0.366 e. The van der Waals surface area contributed by atoms with Crippen LogP contribution in [0.15, 0.2) is 18.6 Å². The predicted octanol–water partition coefficient (Wildman–Crippen LogP) is 1.93. The van der Waals surface area contributed by atoms with E-state index in [-0.39, 0.29) is 0 Å². The first kappa shape index (κ1) is 8.97. The zero-order valence-electron chi connectivity index (χ0n) is 7.78. The van der Waals surface area contributed by atoms with E-state index in [4.69, 9.17) is 0 Å². The van der Waals surface area contributed by atoms with Crippen molar-refractivity contribution in [1.82, 2.24) is 9.97 Å². The molecule has 0 aliphatic carbocycles. The third kappa shape index (κ3) is 2.49. The van der Waals surface area contributed by atoms with Gasteiger partial charge in [-0.3, -0.25) is 4.98 Å². The lowest BCUT2D eigenvalue weighted by Gasteiger charge is -2.17. The highest BCUT2D eigenvalue weighted by atomic mass is 15.0. The molecular formula is C9H15N3. The molecule has 0 spiro atoms. The maximum absolute atomic E-state index is 4.13. The molecule has 1 heterocycles. The number of nitrogens with one attached hydrogen (secondary N) is 1. The second-order valence-corrected chi connectivity index (χ2v) is 3.27. The Balaban J connectivity index is 2.53. The van der Waals surface area contributed by atoms with Gasteiger partial charge >= 0.3 is 0 Å². The Morgan fingerprint density at radius 3 is 2.50 bits per heavy atom. The molecular weight excluding hydrogens is 150 g/mol. The summed E-state index contributed by atoms with van der Waals surface area (Å²) in [5, 5.41) is 3.27. The van der Waals surface area contributed by atoms with Gasteiger partial charge in [-0.2, -0.15) is 0 Å². The number of hydrogen-bond donors (Lipinski definition) is 1. The summed E-state index contributed by atoms with van der Waals surface area (Å²) in [7, 11) is 0. The van der Waals surface area contributed by atoms with Crippen LogP contribution in [0.25, 0.3) is 0 Å². The molecule has 0 fully saturated rings. The molecule has 1 rings (SSSR count). The van der Waals surface area contributed by atoms with Crippen LogP contribution in [-0.4, -0.2) is 16.0 Å². The summed E-state index contributed by atoms with van der Waals surface area (Å²) < 4.78 is 0. The molecule has 12 heavy (non-hydrogen) atoms. The number of aromatic nitrogens is 2. The SMILES string of the molecule is CC(C)C(C)Nc1cnccn1. The smallest absolute Gasteiger partial charge is 0.144 e. The van der Waals surface area contributed by atoms with Crippen molar-refractivity contribution in [2.75, 3.05) is 5.32 Å². The fourth-order valence-corrected chi connectivity index (χ4v) is 0.774. The molecule has 0 saturated heterocycles. The predicted molar refractivity (Wildman–Crippen MR) is 50.0 cm³/mol. The van der Waals surface area contributed by atoms with Gasteiger partial charge in [0.2, 0.25) is 0 Å². The van der Waals surface area contributed by atoms with Gasteiger partial charge in [-0.1, -0.05) is 13.8 Å². The summed E-state index contributed by atoms with van der Waals surface area (Å²) in [5.74, 6) is 1.45. The van der Waals surface area contributed by atoms with Gasteiger partial charge in [-0.15, -0.1) is 0 Å². The second-order valence-electron chi connectivity index (χ2n) is 3.27. The Hall–Kier alpha value is -1.12. The number of rotatable bonds is 3. The quantitative estimate of drug-likeness (QED) is 0.743. The summed E-state index contributed by atoms with van der Waals surface area (Å²) in [6.45, 7) is 6.49. The van der Waals surface area contributed by atoms with E-state index < -0.39 is 0 Å². The van der Waals surface area contributed by atoms with Crippen LogP contribution in [0.4, 0.5) is 5.82 Å². The molecule has 1 N–H and O–H groups in total. The molecule has 0 aliphatic rings. The largest absolute Gasteiger partial charge is 0.366 e. The fourth-order valence-electron chi connectivity index (χ4n) is 0.774. The molecule has 0 saturated carbocycles. The summed E-state index contributed by atoms with van der Waals surface area (Å²) in [5.41, 5.74) is 0. The summed E-state index contributed by atoms with van der Waals surface area (Å²) in [4.78, 5) is 8.10. The molecule has 1 aromatic rings. The first-order chi connectivity index (χ1) is 5.70. The van der Waals surface area contributed by atoms with Gasteiger partial charge in [-0.25, -0.2) is 4.98 Å². The van der Waals surface area contributed by atoms with E-state index in [0.717, 1.165) is 5.82 Å². The van der Waals surface area contributed by atoms with Crippen LogP contribution in [0.1, 0.15) is 20.8 Å². The first-order valence-electron chi connectivity index (χ1n) is 4.22. The highest BCUT2D eigenvalue weighted by molar-refractivity contribution is 5.31. The van der Waals surface area contributed by atoms with Crippen molar-refractivity contribution in [2.45, 2.75) is 26.8 Å². The van der Waals surface area contributed by atoms with Crippen molar-refractivity contribution in [3.05, 3.63) is 18.6 Å². The van der Waals surface area contributed by atoms with Crippen molar-refractivity contribution in [3.8, 4) is 0 Å². The monoisotopic (exact) mass is 165 g/mol.